The Morgan fingerprint density at radius 2 is 2.04 bits per heavy atom. The van der Waals surface area contributed by atoms with E-state index in [1.54, 1.807) is 14.2 Å². The number of hydrogen-bond donors (Lipinski definition) is 2. The van der Waals surface area contributed by atoms with Gasteiger partial charge in [0.15, 0.2) is 27.2 Å². The SMILES string of the molecule is COc1ccc(CNc2nncc(NC3CCS(=O)(=O)C3)n2)cc1OC. The lowest BCUT2D eigenvalue weighted by molar-refractivity contribution is 0.354. The van der Waals surface area contributed by atoms with Gasteiger partial charge in [-0.1, -0.05) is 6.07 Å². The Hall–Kier alpha value is -2.62. The van der Waals surface area contributed by atoms with Gasteiger partial charge in [-0.3, -0.25) is 0 Å². The summed E-state index contributed by atoms with van der Waals surface area (Å²) < 4.78 is 33.6. The van der Waals surface area contributed by atoms with E-state index >= 15 is 0 Å². The van der Waals surface area contributed by atoms with Gasteiger partial charge in [0.05, 0.1) is 31.9 Å². The van der Waals surface area contributed by atoms with E-state index in [-0.39, 0.29) is 17.5 Å². The van der Waals surface area contributed by atoms with Crippen LogP contribution in [0.25, 0.3) is 0 Å². The molecule has 9 nitrogen and oxygen atoms in total. The number of methoxy groups -OCH3 is 2. The first kappa shape index (κ1) is 18.2. The predicted molar refractivity (Wildman–Crippen MR) is 97.4 cm³/mol. The van der Waals surface area contributed by atoms with E-state index in [2.05, 4.69) is 25.8 Å². The number of aromatic nitrogens is 3. The molecule has 0 bridgehead atoms. The lowest BCUT2D eigenvalue weighted by atomic mass is 10.2. The maximum absolute atomic E-state index is 11.5. The number of ether oxygens (including phenoxy) is 2. The van der Waals surface area contributed by atoms with Crippen molar-refractivity contribution in [2.75, 3.05) is 36.4 Å². The first-order chi connectivity index (χ1) is 12.5. The van der Waals surface area contributed by atoms with Crippen molar-refractivity contribution in [1.82, 2.24) is 15.2 Å². The average Bonchev–Trinajstić information content (AvgIpc) is 2.98. The van der Waals surface area contributed by atoms with Crippen molar-refractivity contribution >= 4 is 21.6 Å². The minimum Gasteiger partial charge on any atom is -0.493 e. The molecule has 1 aliphatic rings. The van der Waals surface area contributed by atoms with Crippen molar-refractivity contribution in [2.45, 2.75) is 19.0 Å². The Kier molecular flexibility index (Phi) is 5.40. The van der Waals surface area contributed by atoms with Gasteiger partial charge >= 0.3 is 0 Å². The minimum absolute atomic E-state index is 0.116. The number of benzene rings is 1. The van der Waals surface area contributed by atoms with Crippen molar-refractivity contribution in [3.63, 3.8) is 0 Å². The Labute approximate surface area is 152 Å². The van der Waals surface area contributed by atoms with Crippen molar-refractivity contribution in [1.29, 1.82) is 0 Å². The first-order valence-electron chi connectivity index (χ1n) is 8.10. The summed E-state index contributed by atoms with van der Waals surface area (Å²) in [5.41, 5.74) is 0.964. The number of nitrogens with one attached hydrogen (secondary N) is 2. The molecule has 1 unspecified atom stereocenters. The fourth-order valence-corrected chi connectivity index (χ4v) is 4.41. The zero-order valence-corrected chi connectivity index (χ0v) is 15.4. The summed E-state index contributed by atoms with van der Waals surface area (Å²) in [7, 11) is 0.222. The Bertz CT molecular complexity index is 875. The fourth-order valence-electron chi connectivity index (χ4n) is 2.74. The molecule has 1 saturated heterocycles. The number of rotatable bonds is 7. The standard InChI is InChI=1S/C16H21N5O4S/c1-24-13-4-3-11(7-14(13)25-2)8-17-16-20-15(9-18-21-16)19-12-5-6-26(22,23)10-12/h3-4,7,9,12H,5-6,8,10H2,1-2H3,(H2,17,19,20,21). The highest BCUT2D eigenvalue weighted by atomic mass is 32.2. The van der Waals surface area contributed by atoms with Crippen LogP contribution in [0.5, 0.6) is 11.5 Å². The van der Waals surface area contributed by atoms with Crippen LogP contribution in [-0.2, 0) is 16.4 Å². The average molecular weight is 379 g/mol. The Balaban J connectivity index is 1.62. The van der Waals surface area contributed by atoms with Gasteiger partial charge in [0, 0.05) is 12.6 Å². The summed E-state index contributed by atoms with van der Waals surface area (Å²) in [6.45, 7) is 0.475. The predicted octanol–water partition coefficient (Wildman–Crippen LogP) is 1.10. The molecule has 26 heavy (non-hydrogen) atoms. The second kappa shape index (κ2) is 7.73. The van der Waals surface area contributed by atoms with Crippen LogP contribution in [0, 0.1) is 0 Å². The van der Waals surface area contributed by atoms with E-state index < -0.39 is 9.84 Å². The Morgan fingerprint density at radius 3 is 2.73 bits per heavy atom. The molecular formula is C16H21N5O4S. The molecule has 1 fully saturated rings. The van der Waals surface area contributed by atoms with E-state index in [1.165, 1.54) is 6.20 Å². The van der Waals surface area contributed by atoms with Gasteiger partial charge < -0.3 is 20.1 Å². The summed E-state index contributed by atoms with van der Waals surface area (Å²) >= 11 is 0. The molecule has 0 saturated carbocycles. The van der Waals surface area contributed by atoms with Gasteiger partial charge in [0.1, 0.15) is 0 Å². The van der Waals surface area contributed by atoms with Crippen LogP contribution in [0.3, 0.4) is 0 Å². The van der Waals surface area contributed by atoms with E-state index in [1.807, 2.05) is 18.2 Å². The van der Waals surface area contributed by atoms with Crippen molar-refractivity contribution in [3.8, 4) is 11.5 Å². The number of nitrogens with zero attached hydrogens (tertiary/aromatic N) is 3. The van der Waals surface area contributed by atoms with Crippen LogP contribution < -0.4 is 20.1 Å². The quantitative estimate of drug-likeness (QED) is 0.729. The molecule has 2 heterocycles. The normalized spacial score (nSPS) is 18.3. The summed E-state index contributed by atoms with van der Waals surface area (Å²) in [5, 5.41) is 14.0. The zero-order valence-electron chi connectivity index (χ0n) is 14.6. The van der Waals surface area contributed by atoms with Gasteiger partial charge in [-0.25, -0.2) is 8.42 Å². The maximum Gasteiger partial charge on any atom is 0.244 e. The highest BCUT2D eigenvalue weighted by molar-refractivity contribution is 7.91. The van der Waals surface area contributed by atoms with E-state index in [0.717, 1.165) is 5.56 Å². The summed E-state index contributed by atoms with van der Waals surface area (Å²) in [6, 6.07) is 5.46. The third-order valence-corrected chi connectivity index (χ3v) is 5.81. The molecule has 0 amide bonds. The molecule has 3 rings (SSSR count). The van der Waals surface area contributed by atoms with E-state index in [4.69, 9.17) is 9.47 Å². The molecule has 10 heteroatoms. The van der Waals surface area contributed by atoms with Gasteiger partial charge in [-0.15, -0.1) is 5.10 Å². The molecule has 0 spiro atoms. The monoisotopic (exact) mass is 379 g/mol. The number of hydrogen-bond acceptors (Lipinski definition) is 9. The van der Waals surface area contributed by atoms with Crippen LogP contribution in [0.1, 0.15) is 12.0 Å². The second-order valence-electron chi connectivity index (χ2n) is 5.95. The summed E-state index contributed by atoms with van der Waals surface area (Å²) in [4.78, 5) is 4.33. The highest BCUT2D eigenvalue weighted by Gasteiger charge is 2.28. The molecule has 1 aliphatic heterocycles. The lowest BCUT2D eigenvalue weighted by Gasteiger charge is -2.12. The van der Waals surface area contributed by atoms with Gasteiger partial charge in [-0.2, -0.15) is 10.1 Å². The third kappa shape index (κ3) is 4.51. The topological polar surface area (TPSA) is 115 Å². The van der Waals surface area contributed by atoms with Crippen molar-refractivity contribution < 1.29 is 17.9 Å². The molecule has 140 valence electrons. The summed E-state index contributed by atoms with van der Waals surface area (Å²) in [5.74, 6) is 2.47. The smallest absolute Gasteiger partial charge is 0.244 e. The molecule has 1 atom stereocenters. The minimum atomic E-state index is -2.95. The largest absolute Gasteiger partial charge is 0.493 e. The maximum atomic E-state index is 11.5. The molecule has 1 aromatic carbocycles. The van der Waals surface area contributed by atoms with Crippen molar-refractivity contribution in [3.05, 3.63) is 30.0 Å². The second-order valence-corrected chi connectivity index (χ2v) is 8.18. The van der Waals surface area contributed by atoms with Crippen LogP contribution in [0.15, 0.2) is 24.4 Å². The fraction of sp³-hybridized carbons (Fsp3) is 0.438. The van der Waals surface area contributed by atoms with Crippen LogP contribution >= 0.6 is 0 Å². The highest BCUT2D eigenvalue weighted by Crippen LogP contribution is 2.27. The van der Waals surface area contributed by atoms with Gasteiger partial charge in [-0.05, 0) is 24.1 Å². The number of anilines is 2. The molecule has 1 aromatic heterocycles. The van der Waals surface area contributed by atoms with Crippen LogP contribution in [-0.4, -0.2) is 55.4 Å². The third-order valence-electron chi connectivity index (χ3n) is 4.04. The molecule has 2 N–H and O–H groups in total. The van der Waals surface area contributed by atoms with Crippen LogP contribution in [0.4, 0.5) is 11.8 Å². The first-order valence-corrected chi connectivity index (χ1v) is 9.92. The molecular weight excluding hydrogens is 358 g/mol. The molecule has 0 radical (unpaired) electrons. The number of sulfone groups is 1. The Morgan fingerprint density at radius 1 is 1.23 bits per heavy atom. The van der Waals surface area contributed by atoms with Gasteiger partial charge in [0.25, 0.3) is 0 Å². The van der Waals surface area contributed by atoms with Gasteiger partial charge in [0.2, 0.25) is 5.95 Å². The molecule has 0 aliphatic carbocycles. The van der Waals surface area contributed by atoms with E-state index in [9.17, 15) is 8.42 Å². The van der Waals surface area contributed by atoms with Crippen molar-refractivity contribution in [2.24, 2.45) is 0 Å². The zero-order chi connectivity index (χ0) is 18.6. The lowest BCUT2D eigenvalue weighted by Crippen LogP contribution is -2.21. The van der Waals surface area contributed by atoms with Crippen LogP contribution in [0.2, 0.25) is 0 Å². The molecule has 2 aromatic rings. The summed E-state index contributed by atoms with van der Waals surface area (Å²) in [6.07, 6.45) is 2.05. The van der Waals surface area contributed by atoms with E-state index in [0.29, 0.717) is 36.2 Å².